The van der Waals surface area contributed by atoms with E-state index < -0.39 is 0 Å². The Hall–Kier alpha value is -0.650. The van der Waals surface area contributed by atoms with Gasteiger partial charge in [-0.25, -0.2) is 0 Å². The van der Waals surface area contributed by atoms with Crippen LogP contribution < -0.4 is 0 Å². The molecule has 0 aliphatic carbocycles. The first-order chi connectivity index (χ1) is 11.5. The number of aliphatic imine (C=N–C) groups is 1. The lowest BCUT2D eigenvalue weighted by Gasteiger charge is -2.31. The first-order valence-corrected chi connectivity index (χ1v) is 9.70. The highest BCUT2D eigenvalue weighted by Gasteiger charge is 2.32. The van der Waals surface area contributed by atoms with E-state index >= 15 is 0 Å². The lowest BCUT2D eigenvalue weighted by Crippen LogP contribution is -2.41. The van der Waals surface area contributed by atoms with Crippen LogP contribution >= 0.6 is 0 Å². The Morgan fingerprint density at radius 1 is 1.21 bits per heavy atom. The molecule has 0 amide bonds. The van der Waals surface area contributed by atoms with E-state index in [4.69, 9.17) is 14.5 Å². The van der Waals surface area contributed by atoms with Gasteiger partial charge >= 0.3 is 0 Å². The number of methoxy groups -OCH3 is 1. The van der Waals surface area contributed by atoms with Crippen molar-refractivity contribution in [3.05, 3.63) is 0 Å². The summed E-state index contributed by atoms with van der Waals surface area (Å²) in [5, 5.41) is 0. The predicted octanol–water partition coefficient (Wildman–Crippen LogP) is 2.79. The second-order valence-corrected chi connectivity index (χ2v) is 7.60. The van der Waals surface area contributed by atoms with Gasteiger partial charge in [-0.15, -0.1) is 0 Å². The molecule has 2 rings (SSSR count). The van der Waals surface area contributed by atoms with Crippen molar-refractivity contribution in [1.29, 1.82) is 0 Å². The van der Waals surface area contributed by atoms with Gasteiger partial charge in [-0.05, 0) is 60.0 Å². The normalized spacial score (nSPS) is 27.3. The Bertz CT molecular complexity index is 383. The van der Waals surface area contributed by atoms with Gasteiger partial charge in [0.25, 0.3) is 0 Å². The van der Waals surface area contributed by atoms with Gasteiger partial charge in [0.05, 0.1) is 24.6 Å². The molecule has 24 heavy (non-hydrogen) atoms. The topological polar surface area (TPSA) is 37.3 Å². The minimum atomic E-state index is 0.104. The van der Waals surface area contributed by atoms with Crippen LogP contribution in [-0.4, -0.2) is 79.8 Å². The highest BCUT2D eigenvalue weighted by atomic mass is 16.5. The molecule has 0 bridgehead atoms. The van der Waals surface area contributed by atoms with Crippen LogP contribution in [0.4, 0.5) is 0 Å². The van der Waals surface area contributed by atoms with Gasteiger partial charge in [0.15, 0.2) is 0 Å². The monoisotopic (exact) mass is 339 g/mol. The summed E-state index contributed by atoms with van der Waals surface area (Å²) >= 11 is 0. The second kappa shape index (κ2) is 9.73. The highest BCUT2D eigenvalue weighted by Crippen LogP contribution is 2.23. The summed E-state index contributed by atoms with van der Waals surface area (Å²) in [5.41, 5.74) is 0. The van der Waals surface area contributed by atoms with Crippen molar-refractivity contribution < 1.29 is 9.47 Å². The van der Waals surface area contributed by atoms with E-state index in [1.807, 2.05) is 6.34 Å². The van der Waals surface area contributed by atoms with E-state index in [0.717, 1.165) is 26.0 Å². The smallest absolute Gasteiger partial charge is 0.0859 e. The Morgan fingerprint density at radius 3 is 2.50 bits per heavy atom. The van der Waals surface area contributed by atoms with Crippen molar-refractivity contribution in [2.45, 2.75) is 83.7 Å². The Morgan fingerprint density at radius 2 is 1.92 bits per heavy atom. The van der Waals surface area contributed by atoms with Crippen LogP contribution in [0.25, 0.3) is 0 Å². The van der Waals surface area contributed by atoms with E-state index in [1.54, 1.807) is 7.11 Å². The van der Waals surface area contributed by atoms with E-state index in [2.05, 4.69) is 37.5 Å². The molecule has 5 heteroatoms. The number of nitrogens with zero attached hydrogens (tertiary/aromatic N) is 3. The van der Waals surface area contributed by atoms with Gasteiger partial charge < -0.3 is 19.3 Å². The van der Waals surface area contributed by atoms with E-state index in [9.17, 15) is 0 Å². The van der Waals surface area contributed by atoms with Gasteiger partial charge in [-0.2, -0.15) is 0 Å². The average Bonchev–Trinajstić information content (AvgIpc) is 3.19. The van der Waals surface area contributed by atoms with Crippen LogP contribution in [0, 0.1) is 0 Å². The zero-order valence-corrected chi connectivity index (χ0v) is 16.3. The summed E-state index contributed by atoms with van der Waals surface area (Å²) in [6.45, 7) is 13.3. The van der Waals surface area contributed by atoms with Gasteiger partial charge in [0.2, 0.25) is 0 Å². The molecule has 0 aromatic carbocycles. The molecule has 1 saturated heterocycles. The summed E-state index contributed by atoms with van der Waals surface area (Å²) in [6, 6.07) is 1.23. The molecular weight excluding hydrogens is 302 g/mol. The van der Waals surface area contributed by atoms with Crippen LogP contribution in [0.2, 0.25) is 0 Å². The van der Waals surface area contributed by atoms with Gasteiger partial charge in [-0.1, -0.05) is 0 Å². The van der Waals surface area contributed by atoms with E-state index in [1.165, 1.54) is 25.9 Å². The maximum atomic E-state index is 6.22. The van der Waals surface area contributed by atoms with Crippen LogP contribution in [0.5, 0.6) is 0 Å². The molecule has 2 heterocycles. The molecule has 0 spiro atoms. The van der Waals surface area contributed by atoms with Crippen molar-refractivity contribution in [3.8, 4) is 0 Å². The van der Waals surface area contributed by atoms with Crippen LogP contribution in [0.15, 0.2) is 4.99 Å². The zero-order chi connectivity index (χ0) is 17.5. The number of likely N-dealkylation sites (tertiary alicyclic amines) is 1. The predicted molar refractivity (Wildman–Crippen MR) is 99.8 cm³/mol. The third-order valence-electron chi connectivity index (χ3n) is 5.53. The lowest BCUT2D eigenvalue weighted by molar-refractivity contribution is -0.0573. The fraction of sp³-hybridized carbons (Fsp3) is 0.947. The molecule has 2 aliphatic heterocycles. The standard InChI is InChI=1S/C19H37N3O2/c1-15(2)22-14-20-18(16(22)3)13-19(17(4)23-5)24-12-8-11-21-9-6-7-10-21/h14-19H,6-13H2,1-5H3. The van der Waals surface area contributed by atoms with Gasteiger partial charge in [0.1, 0.15) is 0 Å². The van der Waals surface area contributed by atoms with Crippen molar-refractivity contribution in [1.82, 2.24) is 9.80 Å². The molecule has 2 aliphatic rings. The molecule has 4 atom stereocenters. The third kappa shape index (κ3) is 5.43. The molecule has 0 saturated carbocycles. The molecule has 0 aromatic heterocycles. The number of hydrogen-bond donors (Lipinski definition) is 0. The van der Waals surface area contributed by atoms with Crippen molar-refractivity contribution >= 4 is 6.34 Å². The summed E-state index contributed by atoms with van der Waals surface area (Å²) in [6.07, 6.45) is 6.98. The Balaban J connectivity index is 1.77. The molecule has 0 aromatic rings. The molecule has 140 valence electrons. The minimum absolute atomic E-state index is 0.104. The number of rotatable bonds is 10. The van der Waals surface area contributed by atoms with Gasteiger partial charge in [0, 0.05) is 38.8 Å². The molecule has 1 fully saturated rings. The minimum Gasteiger partial charge on any atom is -0.379 e. The third-order valence-corrected chi connectivity index (χ3v) is 5.53. The molecule has 0 radical (unpaired) electrons. The number of ether oxygens (including phenoxy) is 2. The molecule has 4 unspecified atom stereocenters. The summed E-state index contributed by atoms with van der Waals surface area (Å²) < 4.78 is 11.8. The van der Waals surface area contributed by atoms with Crippen LogP contribution in [0.3, 0.4) is 0 Å². The number of hydrogen-bond acceptors (Lipinski definition) is 5. The SMILES string of the molecule is COC(C)C(CC1N=CN(C(C)C)C1C)OCCCN1CCCC1. The summed E-state index contributed by atoms with van der Waals surface area (Å²) in [4.78, 5) is 9.61. The molecule has 5 nitrogen and oxygen atoms in total. The largest absolute Gasteiger partial charge is 0.379 e. The Kier molecular flexibility index (Phi) is 7.98. The zero-order valence-electron chi connectivity index (χ0n) is 16.3. The fourth-order valence-corrected chi connectivity index (χ4v) is 3.77. The molecule has 0 N–H and O–H groups in total. The van der Waals surface area contributed by atoms with E-state index in [0.29, 0.717) is 18.1 Å². The fourth-order valence-electron chi connectivity index (χ4n) is 3.77. The van der Waals surface area contributed by atoms with Crippen LogP contribution in [-0.2, 0) is 9.47 Å². The van der Waals surface area contributed by atoms with E-state index in [-0.39, 0.29) is 12.2 Å². The maximum Gasteiger partial charge on any atom is 0.0859 e. The Labute approximate surface area is 148 Å². The average molecular weight is 340 g/mol. The summed E-state index contributed by atoms with van der Waals surface area (Å²) in [5.74, 6) is 0. The van der Waals surface area contributed by atoms with Crippen molar-refractivity contribution in [3.63, 3.8) is 0 Å². The second-order valence-electron chi connectivity index (χ2n) is 7.60. The van der Waals surface area contributed by atoms with Gasteiger partial charge in [-0.3, -0.25) is 4.99 Å². The maximum absolute atomic E-state index is 6.22. The van der Waals surface area contributed by atoms with Crippen molar-refractivity contribution in [2.75, 3.05) is 33.4 Å². The lowest BCUT2D eigenvalue weighted by atomic mass is 10.00. The van der Waals surface area contributed by atoms with Crippen molar-refractivity contribution in [2.24, 2.45) is 4.99 Å². The van der Waals surface area contributed by atoms with Crippen LogP contribution in [0.1, 0.15) is 53.4 Å². The first-order valence-electron chi connectivity index (χ1n) is 9.70. The summed E-state index contributed by atoms with van der Waals surface area (Å²) in [7, 11) is 1.77. The molecular formula is C19H37N3O2. The first kappa shape index (κ1) is 19.7. The highest BCUT2D eigenvalue weighted by molar-refractivity contribution is 5.59. The quantitative estimate of drug-likeness (QED) is 0.574.